The van der Waals surface area contributed by atoms with Gasteiger partial charge in [-0.3, -0.25) is 9.78 Å². The highest BCUT2D eigenvalue weighted by molar-refractivity contribution is 7.80. The molecular weight excluding hydrogens is 574 g/mol. The second kappa shape index (κ2) is 12.1. The molecule has 1 fully saturated rings. The van der Waals surface area contributed by atoms with Crippen LogP contribution in [0.25, 0.3) is 5.69 Å². The van der Waals surface area contributed by atoms with Gasteiger partial charge in [-0.15, -0.1) is 0 Å². The lowest BCUT2D eigenvalue weighted by Crippen LogP contribution is -2.30. The average Bonchev–Trinajstić information content (AvgIpc) is 3.51. The summed E-state index contributed by atoms with van der Waals surface area (Å²) in [6.07, 6.45) is 1.78. The molecule has 1 amide bonds. The maximum absolute atomic E-state index is 12.7. The third kappa shape index (κ3) is 5.77. The smallest absolute Gasteiger partial charge is 0.337 e. The van der Waals surface area contributed by atoms with Crippen molar-refractivity contribution in [2.75, 3.05) is 24.4 Å². The summed E-state index contributed by atoms with van der Waals surface area (Å²) in [5.41, 5.74) is 6.21. The van der Waals surface area contributed by atoms with Crippen molar-refractivity contribution < 1.29 is 19.1 Å². The average molecular weight is 612 g/mol. The minimum atomic E-state index is -0.562. The lowest BCUT2D eigenvalue weighted by molar-refractivity contribution is -0.123. The van der Waals surface area contributed by atoms with Gasteiger partial charge in [0.2, 0.25) is 5.91 Å². The Bertz CT molecular complexity index is 1710. The first-order chi connectivity index (χ1) is 20.9. The monoisotopic (exact) mass is 611 g/mol. The summed E-state index contributed by atoms with van der Waals surface area (Å²) < 4.78 is 12.8. The Kier molecular flexibility index (Phi) is 8.47. The van der Waals surface area contributed by atoms with E-state index in [1.54, 1.807) is 25.4 Å². The van der Waals surface area contributed by atoms with E-state index in [1.807, 2.05) is 69.3 Å². The molecule has 2 aromatic heterocycles. The van der Waals surface area contributed by atoms with Crippen LogP contribution in [0.1, 0.15) is 65.9 Å². The number of amides is 1. The van der Waals surface area contributed by atoms with E-state index in [1.165, 1.54) is 7.11 Å². The van der Waals surface area contributed by atoms with Crippen molar-refractivity contribution in [3.8, 4) is 11.4 Å². The molecule has 3 heterocycles. The molecule has 0 radical (unpaired) electrons. The van der Waals surface area contributed by atoms with Crippen LogP contribution >= 0.6 is 12.2 Å². The molecule has 0 unspecified atom stereocenters. The summed E-state index contributed by atoms with van der Waals surface area (Å²) in [5, 5.41) is 7.05. The zero-order valence-corrected chi connectivity index (χ0v) is 26.8. The van der Waals surface area contributed by atoms with E-state index in [-0.39, 0.29) is 24.0 Å². The first-order valence-electron chi connectivity index (χ1n) is 14.3. The number of pyridine rings is 1. The van der Waals surface area contributed by atoms with Crippen LogP contribution in [0.2, 0.25) is 0 Å². The van der Waals surface area contributed by atoms with Crippen molar-refractivity contribution in [3.63, 3.8) is 0 Å². The van der Waals surface area contributed by atoms with Crippen molar-refractivity contribution in [3.05, 3.63) is 101 Å². The number of ether oxygens (including phenoxy) is 2. The van der Waals surface area contributed by atoms with Crippen LogP contribution in [-0.2, 0) is 9.53 Å². The number of anilines is 2. The Morgan fingerprint density at radius 2 is 1.68 bits per heavy atom. The number of nitrogens with zero attached hydrogens (tertiary/aromatic N) is 3. The molecule has 4 aromatic rings. The molecule has 0 spiro atoms. The fourth-order valence-corrected chi connectivity index (χ4v) is 5.89. The molecule has 44 heavy (non-hydrogen) atoms. The number of esters is 1. The molecule has 1 aliphatic rings. The van der Waals surface area contributed by atoms with E-state index in [9.17, 15) is 9.59 Å². The molecule has 0 aliphatic carbocycles. The molecule has 9 nitrogen and oxygen atoms in total. The highest BCUT2D eigenvalue weighted by atomic mass is 32.1. The Morgan fingerprint density at radius 3 is 2.30 bits per heavy atom. The molecule has 2 atom stereocenters. The number of hydrogen-bond acceptors (Lipinski definition) is 6. The fourth-order valence-electron chi connectivity index (χ4n) is 5.54. The van der Waals surface area contributed by atoms with Gasteiger partial charge in [0, 0.05) is 40.4 Å². The van der Waals surface area contributed by atoms with E-state index < -0.39 is 5.41 Å². The molecule has 2 aromatic carbocycles. The van der Waals surface area contributed by atoms with Gasteiger partial charge in [0.25, 0.3) is 0 Å². The van der Waals surface area contributed by atoms with Gasteiger partial charge in [0.1, 0.15) is 5.75 Å². The van der Waals surface area contributed by atoms with E-state index >= 15 is 0 Å². The van der Waals surface area contributed by atoms with Crippen molar-refractivity contribution in [2.24, 2.45) is 5.41 Å². The molecule has 1 aliphatic heterocycles. The van der Waals surface area contributed by atoms with Gasteiger partial charge in [0.15, 0.2) is 5.11 Å². The standard InChI is InChI=1S/C34H37N5O4S/c1-20-18-25(21(2)38(20)23-13-11-22(12-14-23)31(40)43-7)30-29(27-10-8-9-17-35-27)37-33(44)39(30)24-15-16-26(28(19-24)42-6)36-32(41)34(3,4)5/h8-19,29-30H,1-7H3,(H,36,41)(H,37,44)/t29-,30-/m1/s1. The topological polar surface area (TPSA) is 97.7 Å². The van der Waals surface area contributed by atoms with Crippen molar-refractivity contribution in [1.82, 2.24) is 14.9 Å². The Labute approximate surface area is 263 Å². The summed E-state index contributed by atoms with van der Waals surface area (Å²) in [5.74, 6) is 0.0400. The number of thiocarbonyl (C=S) groups is 1. The van der Waals surface area contributed by atoms with Crippen LogP contribution in [0.15, 0.2) is 72.9 Å². The maximum atomic E-state index is 12.7. The third-order valence-corrected chi connectivity index (χ3v) is 8.14. The molecule has 0 saturated carbocycles. The normalized spacial score (nSPS) is 16.4. The summed E-state index contributed by atoms with van der Waals surface area (Å²) in [4.78, 5) is 31.5. The summed E-state index contributed by atoms with van der Waals surface area (Å²) in [6, 6.07) is 20.6. The van der Waals surface area contributed by atoms with Crippen LogP contribution in [-0.4, -0.2) is 40.8 Å². The summed E-state index contributed by atoms with van der Waals surface area (Å²) >= 11 is 5.96. The van der Waals surface area contributed by atoms with Gasteiger partial charge in [-0.1, -0.05) is 26.8 Å². The van der Waals surface area contributed by atoms with Crippen LogP contribution in [0.4, 0.5) is 11.4 Å². The fraction of sp³-hybridized carbons (Fsp3) is 0.294. The Hall–Kier alpha value is -4.70. The van der Waals surface area contributed by atoms with Gasteiger partial charge >= 0.3 is 5.97 Å². The predicted molar refractivity (Wildman–Crippen MR) is 176 cm³/mol. The molecular formula is C34H37N5O4S. The molecule has 1 saturated heterocycles. The third-order valence-electron chi connectivity index (χ3n) is 7.83. The van der Waals surface area contributed by atoms with E-state index in [2.05, 4.69) is 45.0 Å². The lowest BCUT2D eigenvalue weighted by atomic mass is 9.95. The summed E-state index contributed by atoms with van der Waals surface area (Å²) in [7, 11) is 2.96. The van der Waals surface area contributed by atoms with Gasteiger partial charge < -0.3 is 29.6 Å². The minimum Gasteiger partial charge on any atom is -0.494 e. The van der Waals surface area contributed by atoms with Crippen LogP contribution < -0.4 is 20.3 Å². The van der Waals surface area contributed by atoms with Gasteiger partial charge in [0.05, 0.1) is 43.2 Å². The minimum absolute atomic E-state index is 0.109. The quantitative estimate of drug-likeness (QED) is 0.182. The second-order valence-electron chi connectivity index (χ2n) is 11.8. The van der Waals surface area contributed by atoms with E-state index in [4.69, 9.17) is 21.7 Å². The first kappa shape index (κ1) is 30.7. The highest BCUT2D eigenvalue weighted by Gasteiger charge is 2.42. The van der Waals surface area contributed by atoms with E-state index in [0.717, 1.165) is 34.0 Å². The van der Waals surface area contributed by atoms with Crippen molar-refractivity contribution in [2.45, 2.75) is 46.7 Å². The lowest BCUT2D eigenvalue weighted by Gasteiger charge is -2.29. The highest BCUT2D eigenvalue weighted by Crippen LogP contribution is 2.45. The first-order valence-corrected chi connectivity index (χ1v) is 14.7. The van der Waals surface area contributed by atoms with Gasteiger partial charge in [-0.25, -0.2) is 4.79 Å². The molecule has 0 bridgehead atoms. The number of aryl methyl sites for hydroxylation is 1. The number of rotatable bonds is 7. The number of nitrogens with one attached hydrogen (secondary N) is 2. The van der Waals surface area contributed by atoms with Gasteiger partial charge in [-0.05, 0) is 86.2 Å². The molecule has 10 heteroatoms. The number of carbonyl (C=O) groups is 2. The molecule has 5 rings (SSSR count). The Morgan fingerprint density at radius 1 is 0.977 bits per heavy atom. The number of methoxy groups -OCH3 is 2. The number of carbonyl (C=O) groups excluding carboxylic acids is 2. The largest absolute Gasteiger partial charge is 0.494 e. The number of benzene rings is 2. The van der Waals surface area contributed by atoms with Crippen LogP contribution in [0.5, 0.6) is 5.75 Å². The Balaban J connectivity index is 1.60. The van der Waals surface area contributed by atoms with Crippen molar-refractivity contribution >= 4 is 40.6 Å². The summed E-state index contributed by atoms with van der Waals surface area (Å²) in [6.45, 7) is 9.73. The zero-order valence-electron chi connectivity index (χ0n) is 26.0. The van der Waals surface area contributed by atoms with Crippen molar-refractivity contribution in [1.29, 1.82) is 0 Å². The predicted octanol–water partition coefficient (Wildman–Crippen LogP) is 6.45. The SMILES string of the molecule is COC(=O)c1ccc(-n2c(C)cc([C@@H]3[C@@H](c4ccccn4)NC(=S)N3c3ccc(NC(=O)C(C)(C)C)c(OC)c3)c2C)cc1. The van der Waals surface area contributed by atoms with Crippen LogP contribution in [0.3, 0.4) is 0 Å². The molecule has 228 valence electrons. The van der Waals surface area contributed by atoms with Gasteiger partial charge in [-0.2, -0.15) is 0 Å². The zero-order chi connectivity index (χ0) is 31.8. The second-order valence-corrected chi connectivity index (χ2v) is 12.2. The van der Waals surface area contributed by atoms with Crippen LogP contribution in [0, 0.1) is 19.3 Å². The number of aromatic nitrogens is 2. The van der Waals surface area contributed by atoms with E-state index in [0.29, 0.717) is 22.1 Å². The molecule has 2 N–H and O–H groups in total. The number of hydrogen-bond donors (Lipinski definition) is 2. The maximum Gasteiger partial charge on any atom is 0.337 e.